The van der Waals surface area contributed by atoms with Crippen molar-refractivity contribution >= 4 is 11.9 Å². The van der Waals surface area contributed by atoms with Crippen molar-refractivity contribution in [1.82, 2.24) is 19.6 Å². The summed E-state index contributed by atoms with van der Waals surface area (Å²) in [6.45, 7) is 4.90. The first-order chi connectivity index (χ1) is 21.2. The molecule has 8 rings (SSSR count). The summed E-state index contributed by atoms with van der Waals surface area (Å²) in [4.78, 5) is 13.9. The van der Waals surface area contributed by atoms with Crippen molar-refractivity contribution in [3.05, 3.63) is 95.8 Å². The summed E-state index contributed by atoms with van der Waals surface area (Å²) in [5, 5.41) is 21.2. The van der Waals surface area contributed by atoms with Crippen molar-refractivity contribution in [2.24, 2.45) is 34.5 Å². The van der Waals surface area contributed by atoms with Gasteiger partial charge in [-0.2, -0.15) is 10.2 Å². The molecule has 0 radical (unpaired) electrons. The second-order valence-electron chi connectivity index (χ2n) is 14.2. The fraction of sp³-hybridized carbons (Fsp3) is 0.432. The fourth-order valence-electron chi connectivity index (χ4n) is 10.0. The molecular formula is C37H39FN4O2. The third-order valence-electron chi connectivity index (χ3n) is 11.9. The van der Waals surface area contributed by atoms with E-state index in [0.29, 0.717) is 18.3 Å². The molecule has 2 heterocycles. The molecule has 2 aromatic carbocycles. The van der Waals surface area contributed by atoms with Gasteiger partial charge in [0.05, 0.1) is 36.4 Å². The van der Waals surface area contributed by atoms with Crippen LogP contribution in [0, 0.1) is 40.3 Å². The molecule has 3 saturated carbocycles. The second-order valence-corrected chi connectivity index (χ2v) is 14.2. The van der Waals surface area contributed by atoms with E-state index in [-0.39, 0.29) is 40.8 Å². The van der Waals surface area contributed by atoms with Crippen LogP contribution in [0.3, 0.4) is 0 Å². The number of nitrogens with zero attached hydrogens (tertiary/aromatic N) is 4. The summed E-state index contributed by atoms with van der Waals surface area (Å²) < 4.78 is 17.3. The number of Topliss-reactive ketones (excluding diaryl/α,β-unsaturated/α-hetero) is 1. The van der Waals surface area contributed by atoms with Gasteiger partial charge in [-0.05, 0) is 109 Å². The van der Waals surface area contributed by atoms with E-state index in [4.69, 9.17) is 5.10 Å². The Labute approximate surface area is 257 Å². The number of aliphatic hydroxyl groups is 1. The Morgan fingerprint density at radius 3 is 2.59 bits per heavy atom. The summed E-state index contributed by atoms with van der Waals surface area (Å²) in [5.41, 5.74) is 6.23. The highest BCUT2D eigenvalue weighted by Gasteiger charge is 2.63. The molecule has 6 nitrogen and oxygen atoms in total. The largest absolute Gasteiger partial charge is 0.393 e. The molecular weight excluding hydrogens is 551 g/mol. The highest BCUT2D eigenvalue weighted by Crippen LogP contribution is 2.66. The second kappa shape index (κ2) is 10.1. The lowest BCUT2D eigenvalue weighted by Gasteiger charge is -2.59. The number of hydrogen-bond donors (Lipinski definition) is 1. The van der Waals surface area contributed by atoms with Crippen LogP contribution in [-0.4, -0.2) is 36.6 Å². The van der Waals surface area contributed by atoms with E-state index < -0.39 is 6.10 Å². The first-order valence-electron chi connectivity index (χ1n) is 16.1. The number of allylic oxidation sites excluding steroid dienone is 1. The predicted molar refractivity (Wildman–Crippen MR) is 167 cm³/mol. The average Bonchev–Trinajstić information content (AvgIpc) is 3.73. The third kappa shape index (κ3) is 4.19. The van der Waals surface area contributed by atoms with Gasteiger partial charge in [0, 0.05) is 17.7 Å². The quantitative estimate of drug-likeness (QED) is 0.274. The summed E-state index contributed by atoms with van der Waals surface area (Å²) >= 11 is 0. The molecule has 226 valence electrons. The lowest BCUT2D eigenvalue weighted by molar-refractivity contribution is -0.142. The molecule has 2 aromatic heterocycles. The highest BCUT2D eigenvalue weighted by atomic mass is 19.1. The van der Waals surface area contributed by atoms with Crippen LogP contribution < -0.4 is 0 Å². The topological polar surface area (TPSA) is 72.9 Å². The maximum atomic E-state index is 13.9. The maximum absolute atomic E-state index is 13.9. The van der Waals surface area contributed by atoms with Crippen molar-refractivity contribution in [3.8, 4) is 16.8 Å². The number of carbonyl (C=O) groups is 1. The number of rotatable bonds is 5. The summed E-state index contributed by atoms with van der Waals surface area (Å²) in [6.07, 6.45) is 13.0. The zero-order chi connectivity index (χ0) is 30.2. The lowest BCUT2D eigenvalue weighted by atomic mass is 9.46. The Balaban J connectivity index is 1.03. The van der Waals surface area contributed by atoms with Gasteiger partial charge in [0.15, 0.2) is 5.78 Å². The van der Waals surface area contributed by atoms with Crippen LogP contribution in [0.15, 0.2) is 78.8 Å². The third-order valence-corrected chi connectivity index (χ3v) is 11.9. The van der Waals surface area contributed by atoms with E-state index in [0.717, 1.165) is 54.6 Å². The summed E-state index contributed by atoms with van der Waals surface area (Å²) in [7, 11) is 0. The minimum Gasteiger partial charge on any atom is -0.393 e. The maximum Gasteiger partial charge on any atom is 0.157 e. The minimum absolute atomic E-state index is 0.0656. The van der Waals surface area contributed by atoms with Crippen LogP contribution in [0.2, 0.25) is 0 Å². The van der Waals surface area contributed by atoms with E-state index >= 15 is 0 Å². The summed E-state index contributed by atoms with van der Waals surface area (Å²) in [5.74, 6) is 0.865. The van der Waals surface area contributed by atoms with Gasteiger partial charge in [0.1, 0.15) is 5.82 Å². The molecule has 0 aliphatic heterocycles. The Morgan fingerprint density at radius 1 is 1.00 bits per heavy atom. The number of aromatic nitrogens is 4. The van der Waals surface area contributed by atoms with E-state index in [2.05, 4.69) is 37.2 Å². The standard InChI is InChI=1S/C37H39FN4O2/c1-36-17-24-19-40-42(28-11-9-27(38)10-12-28)32(24)16-26(36)8-13-29-30-14-15-31(37(30,2)18-33(43)35(29)36)34(44)22-41-21-25(20-39-41)23-6-4-3-5-7-23/h3-7,9-12,16,19-21,29-31,33,35,43H,8,13-15,17-18,22H2,1-2H3. The predicted octanol–water partition coefficient (Wildman–Crippen LogP) is 6.91. The van der Waals surface area contributed by atoms with E-state index in [1.54, 1.807) is 16.8 Å². The fourth-order valence-corrected chi connectivity index (χ4v) is 10.0. The van der Waals surface area contributed by atoms with Crippen LogP contribution in [-0.2, 0) is 17.8 Å². The van der Waals surface area contributed by atoms with Crippen LogP contribution in [0.5, 0.6) is 0 Å². The van der Waals surface area contributed by atoms with Crippen molar-refractivity contribution in [1.29, 1.82) is 0 Å². The molecule has 4 aliphatic rings. The molecule has 0 amide bonds. The smallest absolute Gasteiger partial charge is 0.157 e. The normalized spacial score (nSPS) is 32.3. The Morgan fingerprint density at radius 2 is 1.80 bits per heavy atom. The summed E-state index contributed by atoms with van der Waals surface area (Å²) in [6, 6.07) is 16.6. The van der Waals surface area contributed by atoms with Gasteiger partial charge in [0.2, 0.25) is 0 Å². The van der Waals surface area contributed by atoms with Crippen LogP contribution >= 0.6 is 0 Å². The minimum atomic E-state index is -0.466. The van der Waals surface area contributed by atoms with Gasteiger partial charge in [-0.15, -0.1) is 0 Å². The monoisotopic (exact) mass is 590 g/mol. The van der Waals surface area contributed by atoms with Crippen molar-refractivity contribution in [2.45, 2.75) is 65.0 Å². The average molecular weight is 591 g/mol. The molecule has 3 fully saturated rings. The van der Waals surface area contributed by atoms with Crippen molar-refractivity contribution in [2.75, 3.05) is 0 Å². The number of halogens is 1. The number of carbonyl (C=O) groups excluding carboxylic acids is 1. The molecule has 7 unspecified atom stereocenters. The number of benzene rings is 2. The van der Waals surface area contributed by atoms with Gasteiger partial charge >= 0.3 is 0 Å². The van der Waals surface area contributed by atoms with Gasteiger partial charge in [-0.1, -0.05) is 49.8 Å². The zero-order valence-electron chi connectivity index (χ0n) is 25.4. The molecule has 1 N–H and O–H groups in total. The first kappa shape index (κ1) is 27.7. The van der Waals surface area contributed by atoms with Crippen LogP contribution in [0.1, 0.15) is 57.2 Å². The lowest BCUT2D eigenvalue weighted by Crippen LogP contribution is -2.57. The highest BCUT2D eigenvalue weighted by molar-refractivity contribution is 5.82. The van der Waals surface area contributed by atoms with Gasteiger partial charge < -0.3 is 5.11 Å². The van der Waals surface area contributed by atoms with Gasteiger partial charge in [-0.25, -0.2) is 9.07 Å². The molecule has 0 saturated heterocycles. The molecule has 44 heavy (non-hydrogen) atoms. The number of hydrogen-bond acceptors (Lipinski definition) is 4. The van der Waals surface area contributed by atoms with Crippen molar-refractivity contribution in [3.63, 3.8) is 0 Å². The van der Waals surface area contributed by atoms with Crippen LogP contribution in [0.4, 0.5) is 4.39 Å². The SMILES string of the molecule is CC12Cc3cnn(-c4ccc(F)cc4)c3C=C1CCC1C2C(O)CC2(C)C(C(=O)Cn3cc(-c4ccccc4)cn3)CCC12. The van der Waals surface area contributed by atoms with Gasteiger partial charge in [-0.3, -0.25) is 9.48 Å². The Kier molecular flexibility index (Phi) is 6.35. The van der Waals surface area contributed by atoms with E-state index in [1.165, 1.54) is 23.3 Å². The molecule has 7 atom stereocenters. The molecule has 0 bridgehead atoms. The molecule has 4 aliphatic carbocycles. The Hall–Kier alpha value is -3.84. The molecule has 0 spiro atoms. The van der Waals surface area contributed by atoms with E-state index in [1.807, 2.05) is 41.5 Å². The first-order valence-corrected chi connectivity index (χ1v) is 16.1. The van der Waals surface area contributed by atoms with Gasteiger partial charge in [0.25, 0.3) is 0 Å². The van der Waals surface area contributed by atoms with E-state index in [9.17, 15) is 14.3 Å². The molecule has 7 heteroatoms. The number of fused-ring (bicyclic) bond motifs is 6. The van der Waals surface area contributed by atoms with Crippen LogP contribution in [0.25, 0.3) is 22.9 Å². The number of aliphatic hydroxyl groups excluding tert-OH is 1. The zero-order valence-corrected chi connectivity index (χ0v) is 25.4. The number of ketones is 1. The molecule has 4 aromatic rings. The Bertz CT molecular complexity index is 1760. The van der Waals surface area contributed by atoms with Crippen molar-refractivity contribution < 1.29 is 14.3 Å².